The summed E-state index contributed by atoms with van der Waals surface area (Å²) in [5.41, 5.74) is 0.304. The normalized spacial score (nSPS) is 17.2. The summed E-state index contributed by atoms with van der Waals surface area (Å²) in [5, 5.41) is 10.1. The van der Waals surface area contributed by atoms with Crippen molar-refractivity contribution in [3.63, 3.8) is 0 Å². The van der Waals surface area contributed by atoms with Crippen LogP contribution in [-0.2, 0) is 7.05 Å². The molecule has 1 saturated heterocycles. The standard InChI is InChI=1S/C14H20N2O3/c1-4-5-14(19)8-16(9-14)13(18)12-6-11(10(2)17)7-15(12)3/h6-7,19H,4-5,8-9H2,1-3H3. The van der Waals surface area contributed by atoms with E-state index in [1.54, 1.807) is 28.8 Å². The lowest BCUT2D eigenvalue weighted by Gasteiger charge is -2.46. The number of β-amino-alcohol motifs (C(OH)–C–C–N with tert-alkyl or cyclic N) is 1. The van der Waals surface area contributed by atoms with Crippen molar-refractivity contribution in [2.75, 3.05) is 13.1 Å². The Hall–Kier alpha value is -1.62. The molecule has 0 saturated carbocycles. The van der Waals surface area contributed by atoms with Crippen LogP contribution in [0.3, 0.4) is 0 Å². The summed E-state index contributed by atoms with van der Waals surface area (Å²) in [6.07, 6.45) is 3.27. The molecule has 2 rings (SSSR count). The molecule has 0 radical (unpaired) electrons. The van der Waals surface area contributed by atoms with Crippen molar-refractivity contribution in [3.8, 4) is 0 Å². The van der Waals surface area contributed by atoms with Gasteiger partial charge in [-0.05, 0) is 19.4 Å². The lowest BCUT2D eigenvalue weighted by molar-refractivity contribution is -0.0862. The van der Waals surface area contributed by atoms with Crippen molar-refractivity contribution in [2.45, 2.75) is 32.3 Å². The van der Waals surface area contributed by atoms with Gasteiger partial charge in [0.15, 0.2) is 5.78 Å². The van der Waals surface area contributed by atoms with E-state index >= 15 is 0 Å². The predicted octanol–water partition coefficient (Wildman–Crippen LogP) is 1.21. The van der Waals surface area contributed by atoms with Gasteiger partial charge < -0.3 is 14.6 Å². The lowest BCUT2D eigenvalue weighted by Crippen LogP contribution is -2.63. The van der Waals surface area contributed by atoms with Gasteiger partial charge in [-0.2, -0.15) is 0 Å². The first-order valence-corrected chi connectivity index (χ1v) is 6.55. The molecule has 5 heteroatoms. The number of carbonyl (C=O) groups excluding carboxylic acids is 2. The number of rotatable bonds is 4. The van der Waals surface area contributed by atoms with Crippen LogP contribution in [0, 0.1) is 0 Å². The number of aromatic nitrogens is 1. The zero-order chi connectivity index (χ0) is 14.2. The highest BCUT2D eigenvalue weighted by Gasteiger charge is 2.43. The molecule has 0 bridgehead atoms. The Morgan fingerprint density at radius 1 is 1.42 bits per heavy atom. The number of carbonyl (C=O) groups is 2. The number of hydrogen-bond donors (Lipinski definition) is 1. The van der Waals surface area contributed by atoms with Crippen molar-refractivity contribution in [2.24, 2.45) is 7.05 Å². The third kappa shape index (κ3) is 2.56. The minimum Gasteiger partial charge on any atom is -0.386 e. The van der Waals surface area contributed by atoms with Crippen LogP contribution in [0.5, 0.6) is 0 Å². The molecule has 1 fully saturated rings. The molecule has 1 amide bonds. The van der Waals surface area contributed by atoms with E-state index in [0.29, 0.717) is 30.8 Å². The van der Waals surface area contributed by atoms with Crippen LogP contribution in [-0.4, -0.2) is 45.0 Å². The maximum absolute atomic E-state index is 12.3. The molecule has 1 N–H and O–H groups in total. The van der Waals surface area contributed by atoms with Crippen molar-refractivity contribution in [3.05, 3.63) is 23.5 Å². The van der Waals surface area contributed by atoms with Gasteiger partial charge in [0.25, 0.3) is 5.91 Å². The molecule has 0 unspecified atom stereocenters. The van der Waals surface area contributed by atoms with E-state index in [0.717, 1.165) is 6.42 Å². The van der Waals surface area contributed by atoms with Crippen LogP contribution < -0.4 is 0 Å². The molecule has 5 nitrogen and oxygen atoms in total. The smallest absolute Gasteiger partial charge is 0.270 e. The van der Waals surface area contributed by atoms with E-state index in [4.69, 9.17) is 0 Å². The van der Waals surface area contributed by atoms with E-state index in [-0.39, 0.29) is 11.7 Å². The fourth-order valence-corrected chi connectivity index (χ4v) is 2.56. The van der Waals surface area contributed by atoms with Crippen LogP contribution in [0.1, 0.15) is 47.5 Å². The number of ketones is 1. The molecule has 1 aromatic heterocycles. The van der Waals surface area contributed by atoms with E-state index in [2.05, 4.69) is 0 Å². The average molecular weight is 264 g/mol. The average Bonchev–Trinajstić information content (AvgIpc) is 2.67. The van der Waals surface area contributed by atoms with Crippen molar-refractivity contribution < 1.29 is 14.7 Å². The Bertz CT molecular complexity index is 513. The molecule has 0 spiro atoms. The lowest BCUT2D eigenvalue weighted by atomic mass is 9.89. The van der Waals surface area contributed by atoms with Crippen LogP contribution >= 0.6 is 0 Å². The number of hydrogen-bond acceptors (Lipinski definition) is 3. The number of aryl methyl sites for hydroxylation is 1. The zero-order valence-electron chi connectivity index (χ0n) is 11.6. The van der Waals surface area contributed by atoms with Crippen molar-refractivity contribution in [1.82, 2.24) is 9.47 Å². The van der Waals surface area contributed by atoms with Crippen LogP contribution in [0.15, 0.2) is 12.3 Å². The zero-order valence-corrected chi connectivity index (χ0v) is 11.6. The summed E-state index contributed by atoms with van der Waals surface area (Å²) >= 11 is 0. The largest absolute Gasteiger partial charge is 0.386 e. The highest BCUT2D eigenvalue weighted by molar-refractivity contribution is 5.99. The van der Waals surface area contributed by atoms with E-state index in [9.17, 15) is 14.7 Å². The van der Waals surface area contributed by atoms with E-state index in [1.165, 1.54) is 6.92 Å². The first-order valence-electron chi connectivity index (χ1n) is 6.55. The Kier molecular flexibility index (Phi) is 3.49. The van der Waals surface area contributed by atoms with Gasteiger partial charge in [0.1, 0.15) is 5.69 Å². The number of likely N-dealkylation sites (tertiary alicyclic amines) is 1. The molecule has 0 aliphatic carbocycles. The van der Waals surface area contributed by atoms with Crippen molar-refractivity contribution in [1.29, 1.82) is 0 Å². The van der Waals surface area contributed by atoms with Gasteiger partial charge in [-0.1, -0.05) is 13.3 Å². The first kappa shape index (κ1) is 13.8. The minimum atomic E-state index is -0.723. The fourth-order valence-electron chi connectivity index (χ4n) is 2.56. The van der Waals surface area contributed by atoms with Crippen LogP contribution in [0.4, 0.5) is 0 Å². The third-order valence-electron chi connectivity index (χ3n) is 3.60. The molecular weight excluding hydrogens is 244 g/mol. The predicted molar refractivity (Wildman–Crippen MR) is 71.2 cm³/mol. The second kappa shape index (κ2) is 4.81. The number of amides is 1. The van der Waals surface area contributed by atoms with E-state index < -0.39 is 5.60 Å². The summed E-state index contributed by atoms with van der Waals surface area (Å²) < 4.78 is 1.66. The monoisotopic (exact) mass is 264 g/mol. The summed E-state index contributed by atoms with van der Waals surface area (Å²) in [5.74, 6) is -0.184. The number of aliphatic hydroxyl groups is 1. The van der Waals surface area contributed by atoms with Gasteiger partial charge in [0, 0.05) is 18.8 Å². The van der Waals surface area contributed by atoms with Gasteiger partial charge >= 0.3 is 0 Å². The maximum atomic E-state index is 12.3. The van der Waals surface area contributed by atoms with Crippen LogP contribution in [0.25, 0.3) is 0 Å². The fraction of sp³-hybridized carbons (Fsp3) is 0.571. The third-order valence-corrected chi connectivity index (χ3v) is 3.60. The Labute approximate surface area is 112 Å². The minimum absolute atomic E-state index is 0.0549. The molecule has 1 aromatic rings. The summed E-state index contributed by atoms with van der Waals surface area (Å²) in [6.45, 7) is 4.24. The molecule has 0 atom stereocenters. The van der Waals surface area contributed by atoms with Gasteiger partial charge in [-0.3, -0.25) is 9.59 Å². The van der Waals surface area contributed by atoms with Crippen LogP contribution in [0.2, 0.25) is 0 Å². The Balaban J connectivity index is 2.08. The Morgan fingerprint density at radius 2 is 2.05 bits per heavy atom. The quantitative estimate of drug-likeness (QED) is 0.832. The van der Waals surface area contributed by atoms with Gasteiger partial charge in [0.2, 0.25) is 0 Å². The SMILES string of the molecule is CCCC1(O)CN(C(=O)c2cc(C(C)=O)cn2C)C1. The second-order valence-electron chi connectivity index (χ2n) is 5.42. The summed E-state index contributed by atoms with van der Waals surface area (Å²) in [4.78, 5) is 25.2. The maximum Gasteiger partial charge on any atom is 0.270 e. The summed E-state index contributed by atoms with van der Waals surface area (Å²) in [7, 11) is 1.75. The topological polar surface area (TPSA) is 62.5 Å². The molecule has 1 aliphatic rings. The summed E-state index contributed by atoms with van der Waals surface area (Å²) in [6, 6.07) is 1.61. The van der Waals surface area contributed by atoms with Gasteiger partial charge in [-0.15, -0.1) is 0 Å². The van der Waals surface area contributed by atoms with Crippen molar-refractivity contribution >= 4 is 11.7 Å². The molecule has 2 heterocycles. The Morgan fingerprint density at radius 3 is 2.53 bits per heavy atom. The van der Waals surface area contributed by atoms with Gasteiger partial charge in [0.05, 0.1) is 18.7 Å². The molecule has 19 heavy (non-hydrogen) atoms. The molecule has 104 valence electrons. The molecule has 1 aliphatic heterocycles. The molecule has 0 aromatic carbocycles. The van der Waals surface area contributed by atoms with E-state index in [1.807, 2.05) is 6.92 Å². The second-order valence-corrected chi connectivity index (χ2v) is 5.42. The highest BCUT2D eigenvalue weighted by Crippen LogP contribution is 2.27. The number of Topliss-reactive ketones (excluding diaryl/α,β-unsaturated/α-hetero) is 1. The number of nitrogens with zero attached hydrogens (tertiary/aromatic N) is 2. The highest BCUT2D eigenvalue weighted by atomic mass is 16.3. The first-order chi connectivity index (χ1) is 8.86. The van der Waals surface area contributed by atoms with Gasteiger partial charge in [-0.25, -0.2) is 0 Å². The molecular formula is C14H20N2O3.